The van der Waals surface area contributed by atoms with Crippen molar-refractivity contribution in [1.82, 2.24) is 9.88 Å². The second-order valence-electron chi connectivity index (χ2n) is 11.7. The summed E-state index contributed by atoms with van der Waals surface area (Å²) >= 11 is 0. The summed E-state index contributed by atoms with van der Waals surface area (Å²) in [5, 5.41) is 10.7. The number of nitrogens with two attached hydrogens (primary N) is 1. The number of alkyl halides is 3. The minimum atomic E-state index is -5.10. The molecule has 3 aromatic carbocycles. The van der Waals surface area contributed by atoms with E-state index in [1.807, 2.05) is 43.3 Å². The number of nitrogens with zero attached hydrogens (tertiary/aromatic N) is 2. The molecule has 2 unspecified atom stereocenters. The smallest absolute Gasteiger partial charge is 0.424 e. The van der Waals surface area contributed by atoms with Gasteiger partial charge in [-0.1, -0.05) is 55.5 Å². The molecule has 1 fully saturated rings. The zero-order chi connectivity index (χ0) is 31.3. The van der Waals surface area contributed by atoms with Gasteiger partial charge in [-0.05, 0) is 70.6 Å². The standard InChI is InChI=1S/C34H31F4N3O3/c1-32(22-16-29(21-10-12-23(35)13-11-21)40-30(17-22)33(43,19-39)34(36,37)38)14-15-41(20-32)31(42)44-18-28-26-8-4-2-6-24(26)25-7-3-5-9-27(25)28/h2-13,16-17,28,43H,14-15,18-20,39H2,1H3. The van der Waals surface area contributed by atoms with Gasteiger partial charge in [0.2, 0.25) is 5.60 Å². The van der Waals surface area contributed by atoms with Crippen molar-refractivity contribution in [2.24, 2.45) is 5.73 Å². The number of carbonyl (C=O) groups excluding carboxylic acids is 1. The molecule has 2 heterocycles. The van der Waals surface area contributed by atoms with Gasteiger partial charge in [0, 0.05) is 36.5 Å². The van der Waals surface area contributed by atoms with E-state index in [2.05, 4.69) is 17.1 Å². The number of hydrogen-bond acceptors (Lipinski definition) is 5. The van der Waals surface area contributed by atoms with Gasteiger partial charge < -0.3 is 20.5 Å². The molecule has 1 aromatic heterocycles. The lowest BCUT2D eigenvalue weighted by Gasteiger charge is -2.31. The molecule has 6 nitrogen and oxygen atoms in total. The first-order valence-electron chi connectivity index (χ1n) is 14.3. The molecule has 44 heavy (non-hydrogen) atoms. The molecule has 10 heteroatoms. The highest BCUT2D eigenvalue weighted by Gasteiger charge is 2.56. The first-order chi connectivity index (χ1) is 20.9. The first kappa shape index (κ1) is 29.8. The normalized spacial score (nSPS) is 19.4. The molecule has 1 aliphatic carbocycles. The predicted octanol–water partition coefficient (Wildman–Crippen LogP) is 6.51. The lowest BCUT2D eigenvalue weighted by molar-refractivity contribution is -0.263. The van der Waals surface area contributed by atoms with Crippen LogP contribution < -0.4 is 5.73 Å². The van der Waals surface area contributed by atoms with E-state index >= 15 is 0 Å². The maximum absolute atomic E-state index is 14.1. The quantitative estimate of drug-likeness (QED) is 0.245. The Hall–Kier alpha value is -4.28. The molecule has 1 saturated heterocycles. The molecule has 3 N–H and O–H groups in total. The summed E-state index contributed by atoms with van der Waals surface area (Å²) in [6.45, 7) is 1.33. The summed E-state index contributed by atoms with van der Waals surface area (Å²) in [6, 6.07) is 24.0. The van der Waals surface area contributed by atoms with E-state index in [1.165, 1.54) is 30.3 Å². The van der Waals surface area contributed by atoms with Gasteiger partial charge in [0.05, 0.1) is 11.4 Å². The number of halogens is 4. The van der Waals surface area contributed by atoms with Crippen LogP contribution in [0.2, 0.25) is 0 Å². The van der Waals surface area contributed by atoms with Gasteiger partial charge in [-0.25, -0.2) is 14.2 Å². The highest BCUT2D eigenvalue weighted by molar-refractivity contribution is 5.79. The molecule has 6 rings (SSSR count). The molecule has 0 radical (unpaired) electrons. The maximum Gasteiger partial charge on any atom is 0.424 e. The van der Waals surface area contributed by atoms with Gasteiger partial charge in [0.1, 0.15) is 12.4 Å². The van der Waals surface area contributed by atoms with Crippen LogP contribution in [0.25, 0.3) is 22.4 Å². The number of fused-ring (bicyclic) bond motifs is 3. The number of rotatable bonds is 6. The van der Waals surface area contributed by atoms with Crippen LogP contribution in [0.1, 0.15) is 41.6 Å². The Morgan fingerprint density at radius 1 is 1.02 bits per heavy atom. The third-order valence-corrected chi connectivity index (χ3v) is 8.92. The van der Waals surface area contributed by atoms with Gasteiger partial charge in [0.25, 0.3) is 0 Å². The minimum absolute atomic E-state index is 0.113. The maximum atomic E-state index is 14.1. The number of aliphatic hydroxyl groups is 1. The Kier molecular flexibility index (Phi) is 7.45. The van der Waals surface area contributed by atoms with Crippen molar-refractivity contribution < 1.29 is 32.2 Å². The summed E-state index contributed by atoms with van der Waals surface area (Å²) in [4.78, 5) is 19.0. The molecule has 228 valence electrons. The summed E-state index contributed by atoms with van der Waals surface area (Å²) in [7, 11) is 0. The third-order valence-electron chi connectivity index (χ3n) is 8.92. The highest BCUT2D eigenvalue weighted by Crippen LogP contribution is 2.45. The summed E-state index contributed by atoms with van der Waals surface area (Å²) in [5.74, 6) is -0.627. The van der Waals surface area contributed by atoms with Crippen molar-refractivity contribution in [2.75, 3.05) is 26.2 Å². The van der Waals surface area contributed by atoms with Crippen molar-refractivity contribution >= 4 is 6.09 Å². The Morgan fingerprint density at radius 3 is 2.23 bits per heavy atom. The number of likely N-dealkylation sites (tertiary alicyclic amines) is 1. The van der Waals surface area contributed by atoms with E-state index in [-0.39, 0.29) is 24.8 Å². The van der Waals surface area contributed by atoms with Crippen molar-refractivity contribution in [3.8, 4) is 22.4 Å². The fourth-order valence-electron chi connectivity index (χ4n) is 6.26. The minimum Gasteiger partial charge on any atom is -0.448 e. The molecular weight excluding hydrogens is 574 g/mol. The van der Waals surface area contributed by atoms with Gasteiger partial charge in [-0.15, -0.1) is 0 Å². The van der Waals surface area contributed by atoms with Crippen LogP contribution in [-0.4, -0.2) is 53.5 Å². The molecule has 4 aromatic rings. The summed E-state index contributed by atoms with van der Waals surface area (Å²) < 4.78 is 61.6. The number of pyridine rings is 1. The molecule has 1 aliphatic heterocycles. The number of carbonyl (C=O) groups is 1. The van der Waals surface area contributed by atoms with Crippen LogP contribution in [0.3, 0.4) is 0 Å². The van der Waals surface area contributed by atoms with Crippen molar-refractivity contribution in [1.29, 1.82) is 0 Å². The van der Waals surface area contributed by atoms with Gasteiger partial charge >= 0.3 is 12.3 Å². The molecule has 0 spiro atoms. The van der Waals surface area contributed by atoms with Crippen LogP contribution in [-0.2, 0) is 15.8 Å². The number of aromatic nitrogens is 1. The lowest BCUT2D eigenvalue weighted by atomic mass is 9.80. The zero-order valence-electron chi connectivity index (χ0n) is 23.9. The van der Waals surface area contributed by atoms with Gasteiger partial charge in [-0.3, -0.25) is 0 Å². The van der Waals surface area contributed by atoms with Crippen LogP contribution in [0.4, 0.5) is 22.4 Å². The second kappa shape index (κ2) is 11.0. The van der Waals surface area contributed by atoms with Crippen LogP contribution in [0.15, 0.2) is 84.9 Å². The SMILES string of the molecule is CC1(c2cc(-c3ccc(F)cc3)nc(C(O)(CN)C(F)(F)F)c2)CCN(C(=O)OCC2c3ccccc3-c3ccccc32)C1. The average Bonchev–Trinajstić information content (AvgIpc) is 3.58. The van der Waals surface area contributed by atoms with Crippen molar-refractivity contribution in [2.45, 2.75) is 36.5 Å². The number of amides is 1. The summed E-state index contributed by atoms with van der Waals surface area (Å²) in [5.41, 5.74) is 5.91. The van der Waals surface area contributed by atoms with Crippen LogP contribution in [0, 0.1) is 5.82 Å². The van der Waals surface area contributed by atoms with Gasteiger partial charge in [0.15, 0.2) is 0 Å². The van der Waals surface area contributed by atoms with Crippen LogP contribution >= 0.6 is 0 Å². The largest absolute Gasteiger partial charge is 0.448 e. The molecule has 2 atom stereocenters. The van der Waals surface area contributed by atoms with E-state index in [9.17, 15) is 27.5 Å². The fraction of sp³-hybridized carbons (Fsp3) is 0.294. The first-order valence-corrected chi connectivity index (χ1v) is 14.3. The second-order valence-corrected chi connectivity index (χ2v) is 11.7. The number of hydrogen-bond donors (Lipinski definition) is 2. The van der Waals surface area contributed by atoms with E-state index in [0.29, 0.717) is 24.1 Å². The highest BCUT2D eigenvalue weighted by atomic mass is 19.4. The Labute approximate surface area is 252 Å². The average molecular weight is 606 g/mol. The van der Waals surface area contributed by atoms with E-state index in [1.54, 1.807) is 11.0 Å². The zero-order valence-corrected chi connectivity index (χ0v) is 23.9. The van der Waals surface area contributed by atoms with Crippen molar-refractivity contribution in [3.05, 3.63) is 113 Å². The van der Waals surface area contributed by atoms with E-state index < -0.39 is 41.3 Å². The molecule has 0 saturated carbocycles. The fourth-order valence-corrected chi connectivity index (χ4v) is 6.26. The molecular formula is C34H31F4N3O3. The molecule has 1 amide bonds. The predicted molar refractivity (Wildman–Crippen MR) is 157 cm³/mol. The van der Waals surface area contributed by atoms with Crippen molar-refractivity contribution in [3.63, 3.8) is 0 Å². The Bertz CT molecular complexity index is 1670. The Morgan fingerprint density at radius 2 is 1.64 bits per heavy atom. The molecule has 0 bridgehead atoms. The van der Waals surface area contributed by atoms with E-state index in [4.69, 9.17) is 10.5 Å². The number of ether oxygens (including phenoxy) is 1. The Balaban J connectivity index is 1.26. The monoisotopic (exact) mass is 605 g/mol. The van der Waals surface area contributed by atoms with E-state index in [0.717, 1.165) is 22.3 Å². The lowest BCUT2D eigenvalue weighted by Crippen LogP contribution is -2.49. The topological polar surface area (TPSA) is 88.7 Å². The third kappa shape index (κ3) is 5.11. The summed E-state index contributed by atoms with van der Waals surface area (Å²) in [6.07, 6.45) is -5.19. The number of benzene rings is 3. The van der Waals surface area contributed by atoms with Gasteiger partial charge in [-0.2, -0.15) is 13.2 Å². The van der Waals surface area contributed by atoms with Crippen LogP contribution in [0.5, 0.6) is 0 Å². The molecule has 2 aliphatic rings.